The minimum atomic E-state index is 0.0365. The molecule has 2 aromatic rings. The highest BCUT2D eigenvalue weighted by Crippen LogP contribution is 2.35. The van der Waals surface area contributed by atoms with Gasteiger partial charge in [0.05, 0.1) is 6.04 Å². The molecule has 1 unspecified atom stereocenters. The lowest BCUT2D eigenvalue weighted by Gasteiger charge is -2.18. The summed E-state index contributed by atoms with van der Waals surface area (Å²) in [5.74, 6) is 1.56. The van der Waals surface area contributed by atoms with Gasteiger partial charge in [-0.1, -0.05) is 6.07 Å². The molecule has 20 heavy (non-hydrogen) atoms. The molecular formula is C13H17N5O2. The molecule has 0 spiro atoms. The van der Waals surface area contributed by atoms with Gasteiger partial charge < -0.3 is 14.4 Å². The van der Waals surface area contributed by atoms with Crippen molar-refractivity contribution in [1.82, 2.24) is 25.1 Å². The molecule has 7 nitrogen and oxygen atoms in total. The highest BCUT2D eigenvalue weighted by Gasteiger charge is 2.20. The fraction of sp³-hybridized carbons (Fsp3) is 0.462. The van der Waals surface area contributed by atoms with Crippen molar-refractivity contribution in [3.05, 3.63) is 30.1 Å². The van der Waals surface area contributed by atoms with Crippen molar-refractivity contribution in [2.24, 2.45) is 0 Å². The van der Waals surface area contributed by atoms with Crippen molar-refractivity contribution in [1.29, 1.82) is 0 Å². The molecule has 1 aromatic carbocycles. The van der Waals surface area contributed by atoms with Crippen LogP contribution in [0, 0.1) is 0 Å². The SMILES string of the molecule is CN(C)CCC(c1ccc2c(c1)OCO2)n1ncnn1. The van der Waals surface area contributed by atoms with Crippen molar-refractivity contribution >= 4 is 0 Å². The van der Waals surface area contributed by atoms with Crippen molar-refractivity contribution in [2.75, 3.05) is 27.4 Å². The van der Waals surface area contributed by atoms with Crippen LogP contribution in [-0.4, -0.2) is 52.5 Å². The third kappa shape index (κ3) is 2.57. The summed E-state index contributed by atoms with van der Waals surface area (Å²) < 4.78 is 10.8. The van der Waals surface area contributed by atoms with Gasteiger partial charge in [-0.05, 0) is 50.0 Å². The molecule has 0 saturated carbocycles. The minimum Gasteiger partial charge on any atom is -0.454 e. The van der Waals surface area contributed by atoms with E-state index >= 15 is 0 Å². The molecule has 2 heterocycles. The van der Waals surface area contributed by atoms with Gasteiger partial charge in [0.25, 0.3) is 0 Å². The van der Waals surface area contributed by atoms with E-state index in [1.165, 1.54) is 6.33 Å². The molecule has 0 radical (unpaired) electrons. The largest absolute Gasteiger partial charge is 0.454 e. The zero-order chi connectivity index (χ0) is 13.9. The molecule has 0 saturated heterocycles. The average molecular weight is 275 g/mol. The van der Waals surface area contributed by atoms with E-state index in [0.717, 1.165) is 30.0 Å². The lowest BCUT2D eigenvalue weighted by molar-refractivity contribution is 0.174. The number of hydrogen-bond donors (Lipinski definition) is 0. The molecule has 1 aliphatic rings. The Balaban J connectivity index is 1.88. The van der Waals surface area contributed by atoms with Crippen LogP contribution in [0.4, 0.5) is 0 Å². The number of hydrogen-bond acceptors (Lipinski definition) is 6. The van der Waals surface area contributed by atoms with Crippen molar-refractivity contribution in [2.45, 2.75) is 12.5 Å². The van der Waals surface area contributed by atoms with E-state index < -0.39 is 0 Å². The number of ether oxygens (including phenoxy) is 2. The van der Waals surface area contributed by atoms with Gasteiger partial charge in [0.1, 0.15) is 0 Å². The van der Waals surface area contributed by atoms with E-state index in [1.54, 1.807) is 4.80 Å². The summed E-state index contributed by atoms with van der Waals surface area (Å²) in [7, 11) is 4.09. The maximum absolute atomic E-state index is 5.43. The third-order valence-corrected chi connectivity index (χ3v) is 3.27. The Kier molecular flexibility index (Phi) is 3.51. The molecule has 3 rings (SSSR count). The standard InChI is InChI=1S/C13H17N5O2/c1-17(2)6-5-11(18-15-8-14-16-18)10-3-4-12-13(7-10)20-9-19-12/h3-4,7-8,11H,5-6,9H2,1-2H3. The highest BCUT2D eigenvalue weighted by atomic mass is 16.7. The van der Waals surface area contributed by atoms with Crippen LogP contribution in [0.1, 0.15) is 18.0 Å². The number of benzene rings is 1. The van der Waals surface area contributed by atoms with Crippen LogP contribution in [-0.2, 0) is 0 Å². The summed E-state index contributed by atoms with van der Waals surface area (Å²) >= 11 is 0. The first-order valence-electron chi connectivity index (χ1n) is 6.51. The zero-order valence-corrected chi connectivity index (χ0v) is 11.6. The minimum absolute atomic E-state index is 0.0365. The molecule has 0 amide bonds. The first-order chi connectivity index (χ1) is 9.74. The molecule has 1 aliphatic heterocycles. The molecule has 1 aromatic heterocycles. The average Bonchev–Trinajstić information content (AvgIpc) is 3.08. The monoisotopic (exact) mass is 275 g/mol. The third-order valence-electron chi connectivity index (χ3n) is 3.27. The van der Waals surface area contributed by atoms with Crippen LogP contribution in [0.3, 0.4) is 0 Å². The summed E-state index contributed by atoms with van der Waals surface area (Å²) in [6, 6.07) is 5.98. The highest BCUT2D eigenvalue weighted by molar-refractivity contribution is 5.45. The van der Waals surface area contributed by atoms with Crippen LogP contribution in [0.15, 0.2) is 24.5 Å². The van der Waals surface area contributed by atoms with E-state index in [0.29, 0.717) is 0 Å². The Morgan fingerprint density at radius 3 is 2.90 bits per heavy atom. The van der Waals surface area contributed by atoms with Crippen LogP contribution >= 0.6 is 0 Å². The van der Waals surface area contributed by atoms with Crippen LogP contribution in [0.2, 0.25) is 0 Å². The Bertz CT molecular complexity index is 570. The summed E-state index contributed by atoms with van der Waals surface area (Å²) in [6.45, 7) is 1.21. The predicted molar refractivity (Wildman–Crippen MR) is 71.7 cm³/mol. The van der Waals surface area contributed by atoms with Crippen molar-refractivity contribution in [3.63, 3.8) is 0 Å². The predicted octanol–water partition coefficient (Wildman–Crippen LogP) is 0.943. The lowest BCUT2D eigenvalue weighted by atomic mass is 10.0. The van der Waals surface area contributed by atoms with Gasteiger partial charge in [-0.3, -0.25) is 0 Å². The first-order valence-corrected chi connectivity index (χ1v) is 6.51. The lowest BCUT2D eigenvalue weighted by Crippen LogP contribution is -2.21. The Labute approximate surface area is 117 Å². The van der Waals surface area contributed by atoms with Crippen LogP contribution < -0.4 is 9.47 Å². The second kappa shape index (κ2) is 5.46. The number of tetrazole rings is 1. The molecule has 1 atom stereocenters. The quantitative estimate of drug-likeness (QED) is 0.809. The molecule has 0 fully saturated rings. The maximum Gasteiger partial charge on any atom is 0.231 e. The number of fused-ring (bicyclic) bond motifs is 1. The van der Waals surface area contributed by atoms with E-state index in [-0.39, 0.29) is 12.8 Å². The Morgan fingerprint density at radius 1 is 1.30 bits per heavy atom. The summed E-state index contributed by atoms with van der Waals surface area (Å²) in [5, 5.41) is 12.0. The zero-order valence-electron chi connectivity index (χ0n) is 11.6. The molecule has 0 aliphatic carbocycles. The van der Waals surface area contributed by atoms with E-state index in [1.807, 2.05) is 32.3 Å². The fourth-order valence-electron chi connectivity index (χ4n) is 2.23. The smallest absolute Gasteiger partial charge is 0.231 e. The van der Waals surface area contributed by atoms with E-state index in [9.17, 15) is 0 Å². The van der Waals surface area contributed by atoms with Crippen LogP contribution in [0.25, 0.3) is 0 Å². The number of aromatic nitrogens is 4. The van der Waals surface area contributed by atoms with Crippen molar-refractivity contribution < 1.29 is 9.47 Å². The fourth-order valence-corrected chi connectivity index (χ4v) is 2.23. The van der Waals surface area contributed by atoms with Gasteiger partial charge >= 0.3 is 0 Å². The second-order valence-corrected chi connectivity index (χ2v) is 4.98. The Hall–Kier alpha value is -2.15. The van der Waals surface area contributed by atoms with E-state index in [4.69, 9.17) is 9.47 Å². The van der Waals surface area contributed by atoms with Gasteiger partial charge in [-0.2, -0.15) is 4.80 Å². The van der Waals surface area contributed by atoms with Crippen LogP contribution in [0.5, 0.6) is 11.5 Å². The summed E-state index contributed by atoms with van der Waals surface area (Å²) in [5.41, 5.74) is 1.09. The Morgan fingerprint density at radius 2 is 2.15 bits per heavy atom. The number of nitrogens with zero attached hydrogens (tertiary/aromatic N) is 5. The van der Waals surface area contributed by atoms with Gasteiger partial charge in [-0.15, -0.1) is 10.2 Å². The first kappa shape index (κ1) is 12.9. The normalized spacial score (nSPS) is 14.8. The van der Waals surface area contributed by atoms with Crippen molar-refractivity contribution in [3.8, 4) is 11.5 Å². The maximum atomic E-state index is 5.43. The molecule has 7 heteroatoms. The van der Waals surface area contributed by atoms with E-state index in [2.05, 4.69) is 20.3 Å². The van der Waals surface area contributed by atoms with Gasteiger partial charge in [0, 0.05) is 0 Å². The molecule has 0 N–H and O–H groups in total. The second-order valence-electron chi connectivity index (χ2n) is 4.98. The number of rotatable bonds is 5. The van der Waals surface area contributed by atoms with Gasteiger partial charge in [0.15, 0.2) is 17.8 Å². The van der Waals surface area contributed by atoms with Gasteiger partial charge in [0.2, 0.25) is 6.79 Å². The molecular weight excluding hydrogens is 258 g/mol. The molecule has 0 bridgehead atoms. The topological polar surface area (TPSA) is 65.3 Å². The summed E-state index contributed by atoms with van der Waals surface area (Å²) in [4.78, 5) is 3.78. The summed E-state index contributed by atoms with van der Waals surface area (Å²) in [6.07, 6.45) is 2.35. The van der Waals surface area contributed by atoms with Gasteiger partial charge in [-0.25, -0.2) is 0 Å². The molecule has 106 valence electrons.